The third kappa shape index (κ3) is 3.88. The van der Waals surface area contributed by atoms with E-state index in [9.17, 15) is 4.79 Å². The first-order chi connectivity index (χ1) is 9.15. The third-order valence-corrected chi connectivity index (χ3v) is 2.49. The van der Waals surface area contributed by atoms with E-state index < -0.39 is 0 Å². The van der Waals surface area contributed by atoms with Gasteiger partial charge in [-0.3, -0.25) is 4.79 Å². The monoisotopic (exact) mass is 256 g/mol. The maximum atomic E-state index is 12.0. The summed E-state index contributed by atoms with van der Waals surface area (Å²) >= 11 is 0. The van der Waals surface area contributed by atoms with Crippen LogP contribution >= 0.6 is 0 Å². The molecular weight excluding hydrogens is 240 g/mol. The Morgan fingerprint density at radius 3 is 2.63 bits per heavy atom. The Morgan fingerprint density at radius 2 is 1.95 bits per heavy atom. The number of benzene rings is 1. The van der Waals surface area contributed by atoms with E-state index in [-0.39, 0.29) is 18.3 Å². The molecule has 1 heterocycles. The SMILES string of the molecule is CC(C)Oc1cc(CC(=O)c2ccccc2)ncn1. The van der Waals surface area contributed by atoms with E-state index in [0.29, 0.717) is 17.1 Å². The fourth-order valence-corrected chi connectivity index (χ4v) is 1.67. The number of nitrogens with zero attached hydrogens (tertiary/aromatic N) is 2. The molecule has 0 aliphatic heterocycles. The summed E-state index contributed by atoms with van der Waals surface area (Å²) < 4.78 is 5.48. The van der Waals surface area contributed by atoms with Crippen LogP contribution in [0.25, 0.3) is 0 Å². The minimum Gasteiger partial charge on any atom is -0.475 e. The summed E-state index contributed by atoms with van der Waals surface area (Å²) in [6.07, 6.45) is 1.72. The van der Waals surface area contributed by atoms with Gasteiger partial charge in [0.15, 0.2) is 5.78 Å². The molecule has 4 heteroatoms. The Labute approximate surface area is 112 Å². The molecule has 0 saturated carbocycles. The first-order valence-corrected chi connectivity index (χ1v) is 6.21. The van der Waals surface area contributed by atoms with E-state index in [1.54, 1.807) is 18.2 Å². The molecular formula is C15H16N2O2. The maximum absolute atomic E-state index is 12.0. The number of ketones is 1. The van der Waals surface area contributed by atoms with Crippen molar-refractivity contribution in [1.82, 2.24) is 9.97 Å². The molecule has 0 atom stereocenters. The van der Waals surface area contributed by atoms with E-state index in [1.165, 1.54) is 6.33 Å². The predicted molar refractivity (Wildman–Crippen MR) is 72.3 cm³/mol. The van der Waals surface area contributed by atoms with Crippen molar-refractivity contribution in [3.8, 4) is 5.88 Å². The van der Waals surface area contributed by atoms with Crippen LogP contribution in [0, 0.1) is 0 Å². The number of carbonyl (C=O) groups excluding carboxylic acids is 1. The molecule has 98 valence electrons. The Hall–Kier alpha value is -2.23. The molecule has 1 aromatic carbocycles. The van der Waals surface area contributed by atoms with Gasteiger partial charge in [-0.15, -0.1) is 0 Å². The van der Waals surface area contributed by atoms with E-state index in [4.69, 9.17) is 4.74 Å². The van der Waals surface area contributed by atoms with Crippen LogP contribution < -0.4 is 4.74 Å². The number of rotatable bonds is 5. The van der Waals surface area contributed by atoms with Gasteiger partial charge >= 0.3 is 0 Å². The second-order valence-corrected chi connectivity index (χ2v) is 4.48. The Morgan fingerprint density at radius 1 is 1.21 bits per heavy atom. The number of ether oxygens (including phenoxy) is 1. The zero-order valence-electron chi connectivity index (χ0n) is 11.0. The molecule has 0 unspecified atom stereocenters. The van der Waals surface area contributed by atoms with Gasteiger partial charge in [0.2, 0.25) is 5.88 Å². The highest BCUT2D eigenvalue weighted by atomic mass is 16.5. The van der Waals surface area contributed by atoms with E-state index in [0.717, 1.165) is 0 Å². The number of hydrogen-bond donors (Lipinski definition) is 0. The lowest BCUT2D eigenvalue weighted by Gasteiger charge is -2.08. The van der Waals surface area contributed by atoms with Crippen LogP contribution in [0.3, 0.4) is 0 Å². The highest BCUT2D eigenvalue weighted by molar-refractivity contribution is 5.97. The van der Waals surface area contributed by atoms with Crippen LogP contribution in [-0.2, 0) is 6.42 Å². The number of carbonyl (C=O) groups is 1. The van der Waals surface area contributed by atoms with Crippen molar-refractivity contribution in [2.75, 3.05) is 0 Å². The van der Waals surface area contributed by atoms with Gasteiger partial charge in [0.05, 0.1) is 18.2 Å². The normalized spacial score (nSPS) is 10.5. The lowest BCUT2D eigenvalue weighted by atomic mass is 10.1. The average Bonchev–Trinajstić information content (AvgIpc) is 2.39. The first-order valence-electron chi connectivity index (χ1n) is 6.21. The summed E-state index contributed by atoms with van der Waals surface area (Å²) in [5.41, 5.74) is 1.35. The molecule has 0 N–H and O–H groups in total. The van der Waals surface area contributed by atoms with Gasteiger partial charge < -0.3 is 4.74 Å². The quantitative estimate of drug-likeness (QED) is 0.772. The third-order valence-electron chi connectivity index (χ3n) is 2.49. The molecule has 0 saturated heterocycles. The first kappa shape index (κ1) is 13.2. The zero-order chi connectivity index (χ0) is 13.7. The molecule has 0 bridgehead atoms. The van der Waals surface area contributed by atoms with Gasteiger partial charge in [0.25, 0.3) is 0 Å². The maximum Gasteiger partial charge on any atom is 0.216 e. The van der Waals surface area contributed by atoms with Crippen molar-refractivity contribution < 1.29 is 9.53 Å². The average molecular weight is 256 g/mol. The van der Waals surface area contributed by atoms with E-state index in [2.05, 4.69) is 9.97 Å². The molecule has 0 fully saturated rings. The minimum absolute atomic E-state index is 0.0368. The molecule has 0 amide bonds. The van der Waals surface area contributed by atoms with Crippen LogP contribution in [-0.4, -0.2) is 21.9 Å². The summed E-state index contributed by atoms with van der Waals surface area (Å²) in [7, 11) is 0. The fourth-order valence-electron chi connectivity index (χ4n) is 1.67. The molecule has 0 aliphatic rings. The standard InChI is InChI=1S/C15H16N2O2/c1-11(2)19-15-9-13(16-10-17-15)8-14(18)12-6-4-3-5-7-12/h3-7,9-11H,8H2,1-2H3. The molecule has 2 rings (SSSR count). The van der Waals surface area contributed by atoms with Crippen LogP contribution in [0.2, 0.25) is 0 Å². The van der Waals surface area contributed by atoms with Gasteiger partial charge in [0.1, 0.15) is 6.33 Å². The van der Waals surface area contributed by atoms with Crippen LogP contribution in [0.4, 0.5) is 0 Å². The highest BCUT2D eigenvalue weighted by Gasteiger charge is 2.09. The van der Waals surface area contributed by atoms with Crippen LogP contribution in [0.1, 0.15) is 29.9 Å². The molecule has 1 aromatic heterocycles. The van der Waals surface area contributed by atoms with Gasteiger partial charge in [0, 0.05) is 11.6 Å². The zero-order valence-corrected chi connectivity index (χ0v) is 11.0. The van der Waals surface area contributed by atoms with Crippen LogP contribution in [0.15, 0.2) is 42.7 Å². The molecule has 4 nitrogen and oxygen atoms in total. The van der Waals surface area contributed by atoms with Crippen molar-refractivity contribution in [2.45, 2.75) is 26.4 Å². The lowest BCUT2D eigenvalue weighted by molar-refractivity contribution is 0.0992. The van der Waals surface area contributed by atoms with Crippen molar-refractivity contribution in [1.29, 1.82) is 0 Å². The highest BCUT2D eigenvalue weighted by Crippen LogP contribution is 2.11. The van der Waals surface area contributed by atoms with E-state index in [1.807, 2.05) is 32.0 Å². The van der Waals surface area contributed by atoms with Gasteiger partial charge in [-0.25, -0.2) is 9.97 Å². The second-order valence-electron chi connectivity index (χ2n) is 4.48. The van der Waals surface area contributed by atoms with Gasteiger partial charge in [-0.05, 0) is 13.8 Å². The molecule has 0 aliphatic carbocycles. The van der Waals surface area contributed by atoms with Crippen LogP contribution in [0.5, 0.6) is 5.88 Å². The smallest absolute Gasteiger partial charge is 0.216 e. The summed E-state index contributed by atoms with van der Waals surface area (Å²) in [6, 6.07) is 10.9. The summed E-state index contributed by atoms with van der Waals surface area (Å²) in [5, 5.41) is 0. The Kier molecular flexibility index (Phi) is 4.23. The predicted octanol–water partition coefficient (Wildman–Crippen LogP) is 2.69. The molecule has 0 radical (unpaired) electrons. The lowest BCUT2D eigenvalue weighted by Crippen LogP contribution is -2.09. The fraction of sp³-hybridized carbons (Fsp3) is 0.267. The molecule has 19 heavy (non-hydrogen) atoms. The summed E-state index contributed by atoms with van der Waals surface area (Å²) in [5.74, 6) is 0.538. The Balaban J connectivity index is 2.09. The van der Waals surface area contributed by atoms with Gasteiger partial charge in [-0.2, -0.15) is 0 Å². The Bertz CT molecular complexity index is 553. The van der Waals surface area contributed by atoms with Crippen molar-refractivity contribution in [3.63, 3.8) is 0 Å². The number of aromatic nitrogens is 2. The number of Topliss-reactive ketones (excluding diaryl/α,β-unsaturated/α-hetero) is 1. The van der Waals surface area contributed by atoms with Crippen molar-refractivity contribution in [2.24, 2.45) is 0 Å². The second kappa shape index (κ2) is 6.09. The molecule has 2 aromatic rings. The summed E-state index contributed by atoms with van der Waals surface area (Å²) in [4.78, 5) is 20.2. The minimum atomic E-state index is 0.0368. The van der Waals surface area contributed by atoms with Crippen molar-refractivity contribution >= 4 is 5.78 Å². The number of hydrogen-bond acceptors (Lipinski definition) is 4. The van der Waals surface area contributed by atoms with Crippen molar-refractivity contribution in [3.05, 3.63) is 54.0 Å². The molecule has 0 spiro atoms. The summed E-state index contributed by atoms with van der Waals surface area (Å²) in [6.45, 7) is 3.85. The topological polar surface area (TPSA) is 52.1 Å². The van der Waals surface area contributed by atoms with E-state index >= 15 is 0 Å². The van der Waals surface area contributed by atoms with Gasteiger partial charge in [-0.1, -0.05) is 30.3 Å². The largest absolute Gasteiger partial charge is 0.475 e.